The number of aromatic nitrogens is 3. The lowest BCUT2D eigenvalue weighted by molar-refractivity contribution is -0.697. The van der Waals surface area contributed by atoms with E-state index in [0.717, 1.165) is 49.8 Å². The van der Waals surface area contributed by atoms with Gasteiger partial charge in [-0.3, -0.25) is 9.36 Å². The van der Waals surface area contributed by atoms with Gasteiger partial charge in [-0.15, -0.1) is 17.0 Å². The van der Waals surface area contributed by atoms with Crippen molar-refractivity contribution in [3.63, 3.8) is 0 Å². The quantitative estimate of drug-likeness (QED) is 0.0282. The molecule has 6 aromatic carbocycles. The Labute approximate surface area is 516 Å². The predicted molar refractivity (Wildman–Crippen MR) is 361 cm³/mol. The smallest absolute Gasteiger partial charge is 0.168 e. The number of carbonyl (C=O) groups excluding carboxylic acids is 1. The number of benzene rings is 6. The van der Waals surface area contributed by atoms with Crippen molar-refractivity contribution in [2.24, 2.45) is 0 Å². The van der Waals surface area contributed by atoms with Crippen molar-refractivity contribution < 1.29 is 14.8 Å². The number of fused-ring (bicyclic) bond motifs is 1. The summed E-state index contributed by atoms with van der Waals surface area (Å²) in [5, 5.41) is 0. The molecule has 8 rings (SSSR count). The minimum Gasteiger partial charge on any atom is -0.412 e. The van der Waals surface area contributed by atoms with E-state index in [1.807, 2.05) is 24.3 Å². The standard InChI is InChI=1S/C25H25BrN2.C21H38N.C19H25N.C7H5BrO.BrH.H2O/c1-16(2)20-11-8-12-21(17(3)4)24(20)28-23-14-6-5-13-22(23)27-25(28)18-9-7-10-19(26)15-18;1-2-3-4-5-6-7-8-9-10-11-12-13-14-16-19-22-20-17-15-18-21-22;1-13(2)16-9-7-10-17(14(3)4)18(16)12-15-8-5-6-11-19(15)20;8-7-3-1-2-6(4-7)5-9;;/h5-17H,1-4H3;15,17-18,20-21H,2-14,16,19H2,1H3;5-11,13-14H,12,20H2,1-4H3;1-5H;1H;1H2/q;+1;;;;. The number of hydrogen-bond donors (Lipinski definition) is 1. The Morgan fingerprint density at radius 3 is 1.49 bits per heavy atom. The summed E-state index contributed by atoms with van der Waals surface area (Å²) in [5.41, 5.74) is 20.5. The first kappa shape index (κ1) is 70.1. The van der Waals surface area contributed by atoms with Gasteiger partial charge in [0.05, 0.1) is 16.7 Å². The van der Waals surface area contributed by atoms with Crippen LogP contribution >= 0.6 is 48.8 Å². The van der Waals surface area contributed by atoms with Gasteiger partial charge >= 0.3 is 0 Å². The van der Waals surface area contributed by atoms with E-state index in [1.54, 1.807) is 12.1 Å². The molecule has 4 N–H and O–H groups in total. The van der Waals surface area contributed by atoms with Gasteiger partial charge in [-0.1, -0.05) is 268 Å². The minimum absolute atomic E-state index is 0. The number of nitrogen functional groups attached to an aromatic ring is 1. The van der Waals surface area contributed by atoms with E-state index >= 15 is 0 Å². The lowest BCUT2D eigenvalue weighted by Crippen LogP contribution is -2.32. The third-order valence-corrected chi connectivity index (χ3v) is 15.6. The molecule has 0 amide bonds. The van der Waals surface area contributed by atoms with Gasteiger partial charge in [0, 0.05) is 50.7 Å². The van der Waals surface area contributed by atoms with Crippen LogP contribution in [-0.2, 0) is 13.0 Å². The highest BCUT2D eigenvalue weighted by Gasteiger charge is 2.22. The van der Waals surface area contributed by atoms with Gasteiger partial charge in [0.2, 0.25) is 0 Å². The number of carbonyl (C=O) groups is 1. The summed E-state index contributed by atoms with van der Waals surface area (Å²) in [6.07, 6.45) is 26.2. The molecule has 0 aliphatic carbocycles. The molecule has 2 aromatic heterocycles. The molecular weight excluding hydrogens is 1190 g/mol. The van der Waals surface area contributed by atoms with Gasteiger partial charge in [-0.2, -0.15) is 0 Å². The van der Waals surface area contributed by atoms with Gasteiger partial charge in [0.1, 0.15) is 18.7 Å². The Kier molecular flexibility index (Phi) is 33.4. The highest BCUT2D eigenvalue weighted by atomic mass is 79.9. The maximum atomic E-state index is 10.1. The number of rotatable bonds is 24. The Morgan fingerprint density at radius 2 is 1.00 bits per heavy atom. The number of nitrogens with zero attached hydrogens (tertiary/aromatic N) is 3. The largest absolute Gasteiger partial charge is 0.412 e. The summed E-state index contributed by atoms with van der Waals surface area (Å²) in [7, 11) is 0. The van der Waals surface area contributed by atoms with Crippen LogP contribution in [-0.4, -0.2) is 21.3 Å². The van der Waals surface area contributed by atoms with Gasteiger partial charge in [0.25, 0.3) is 0 Å². The van der Waals surface area contributed by atoms with Crippen LogP contribution in [0.1, 0.15) is 220 Å². The SMILES string of the molecule is Br.CC(C)c1cccc(C(C)C)c1-n1c(-c2cccc(Br)c2)nc2ccccc21.CC(C)c1cccc(C(C)C)c1Cc1ccccc1N.CCCCCCCCCCCCCCCC[n+]1ccccc1.O.O=Cc1cccc(Br)c1. The first-order chi connectivity index (χ1) is 38.2. The molecule has 0 saturated heterocycles. The molecule has 0 radical (unpaired) electrons. The second kappa shape index (κ2) is 38.6. The van der Waals surface area contributed by atoms with Crippen molar-refractivity contribution in [2.75, 3.05) is 5.73 Å². The summed E-state index contributed by atoms with van der Waals surface area (Å²) in [5.74, 6) is 2.90. The minimum atomic E-state index is 0. The van der Waals surface area contributed by atoms with Crippen molar-refractivity contribution in [3.05, 3.63) is 212 Å². The average molecular weight is 1290 g/mol. The molecule has 8 aromatic rings. The van der Waals surface area contributed by atoms with Crippen LogP contribution in [0.15, 0.2) is 173 Å². The summed E-state index contributed by atoms with van der Waals surface area (Å²) >= 11 is 6.87. The van der Waals surface area contributed by atoms with E-state index in [1.165, 1.54) is 136 Å². The molecule has 9 heteroatoms. The Hall–Kier alpha value is -5.19. The summed E-state index contributed by atoms with van der Waals surface area (Å²) in [6, 6.07) is 52.0. The van der Waals surface area contributed by atoms with E-state index in [2.05, 4.69) is 231 Å². The van der Waals surface area contributed by atoms with Crippen molar-refractivity contribution >= 4 is 71.8 Å². The Morgan fingerprint density at radius 1 is 0.531 bits per heavy atom. The fraction of sp³-hybridized carbons (Fsp3) is 0.403. The number of unbranched alkanes of at least 4 members (excludes halogenated alkanes) is 13. The zero-order valence-corrected chi connectivity index (χ0v) is 55.2. The van der Waals surface area contributed by atoms with Gasteiger partial charge in [0.15, 0.2) is 12.4 Å². The third kappa shape index (κ3) is 23.2. The van der Waals surface area contributed by atoms with Gasteiger partial charge < -0.3 is 11.2 Å². The van der Waals surface area contributed by atoms with Crippen molar-refractivity contribution in [2.45, 2.75) is 189 Å². The first-order valence-corrected chi connectivity index (χ1v) is 31.3. The highest BCUT2D eigenvalue weighted by molar-refractivity contribution is 9.10. The molecule has 0 fully saturated rings. The fourth-order valence-electron chi connectivity index (χ4n) is 10.3. The van der Waals surface area contributed by atoms with Crippen LogP contribution in [0, 0.1) is 0 Å². The number of aryl methyl sites for hydroxylation is 1. The molecule has 0 unspecified atom stereocenters. The zero-order chi connectivity index (χ0) is 56.9. The average Bonchev–Trinajstić information content (AvgIpc) is 4.12. The summed E-state index contributed by atoms with van der Waals surface area (Å²) in [4.78, 5) is 15.2. The number of anilines is 1. The first-order valence-electron chi connectivity index (χ1n) is 29.7. The summed E-state index contributed by atoms with van der Waals surface area (Å²) < 4.78 is 6.65. The highest BCUT2D eigenvalue weighted by Crippen LogP contribution is 2.38. The second-order valence-electron chi connectivity index (χ2n) is 22.3. The zero-order valence-electron chi connectivity index (χ0n) is 50.3. The molecule has 6 nitrogen and oxygen atoms in total. The number of pyridine rings is 1. The molecule has 0 aliphatic rings. The van der Waals surface area contributed by atoms with Crippen LogP contribution in [0.5, 0.6) is 0 Å². The van der Waals surface area contributed by atoms with E-state index in [-0.39, 0.29) is 22.5 Å². The van der Waals surface area contributed by atoms with E-state index in [4.69, 9.17) is 10.7 Å². The molecule has 81 heavy (non-hydrogen) atoms. The van der Waals surface area contributed by atoms with E-state index in [0.29, 0.717) is 29.2 Å². The molecule has 0 bridgehead atoms. The predicted octanol–water partition coefficient (Wildman–Crippen LogP) is 21.3. The van der Waals surface area contributed by atoms with Gasteiger partial charge in [-0.05, 0) is 106 Å². The normalized spacial score (nSPS) is 10.8. The maximum Gasteiger partial charge on any atom is 0.168 e. The van der Waals surface area contributed by atoms with Crippen LogP contribution in [0.4, 0.5) is 5.69 Å². The lowest BCUT2D eigenvalue weighted by Gasteiger charge is -2.22. The van der Waals surface area contributed by atoms with Crippen molar-refractivity contribution in [1.29, 1.82) is 0 Å². The number of para-hydroxylation sites is 4. The fourth-order valence-corrected chi connectivity index (χ4v) is 11.1. The number of hydrogen-bond acceptors (Lipinski definition) is 3. The van der Waals surface area contributed by atoms with Crippen LogP contribution < -0.4 is 10.3 Å². The summed E-state index contributed by atoms with van der Waals surface area (Å²) in [6.45, 7) is 21.6. The maximum absolute atomic E-state index is 10.1. The molecule has 0 saturated carbocycles. The van der Waals surface area contributed by atoms with Crippen molar-refractivity contribution in [1.82, 2.24) is 9.55 Å². The molecular formula is C72H96Br3N4O2+. The van der Waals surface area contributed by atoms with Gasteiger partial charge in [-0.25, -0.2) is 9.55 Å². The van der Waals surface area contributed by atoms with Crippen LogP contribution in [0.3, 0.4) is 0 Å². The monoisotopic (exact) mass is 1290 g/mol. The number of imidazole rings is 1. The Balaban J connectivity index is 0.000000296. The van der Waals surface area contributed by atoms with Crippen molar-refractivity contribution in [3.8, 4) is 17.1 Å². The Bertz CT molecular complexity index is 2970. The number of nitrogens with two attached hydrogens (primary N) is 1. The lowest BCUT2D eigenvalue weighted by atomic mass is 9.85. The number of halogens is 3. The van der Waals surface area contributed by atoms with Crippen LogP contribution in [0.25, 0.3) is 28.1 Å². The molecule has 0 aliphatic heterocycles. The molecule has 0 atom stereocenters. The van der Waals surface area contributed by atoms with Crippen LogP contribution in [0.2, 0.25) is 0 Å². The van der Waals surface area contributed by atoms with E-state index in [9.17, 15) is 4.79 Å². The third-order valence-electron chi connectivity index (χ3n) is 14.7. The second-order valence-corrected chi connectivity index (χ2v) is 24.2. The molecule has 436 valence electrons. The molecule has 0 spiro atoms. The topological polar surface area (TPSA) is 96.3 Å². The van der Waals surface area contributed by atoms with E-state index < -0.39 is 0 Å². The molecule has 2 heterocycles. The number of aldehydes is 1.